The third-order valence-corrected chi connectivity index (χ3v) is 7.81. The number of nitrogens with one attached hydrogen (secondary N) is 2. The van der Waals surface area contributed by atoms with E-state index in [0.29, 0.717) is 5.56 Å². The van der Waals surface area contributed by atoms with E-state index in [1.54, 1.807) is 31.2 Å². The van der Waals surface area contributed by atoms with Crippen molar-refractivity contribution in [2.45, 2.75) is 29.7 Å². The second kappa shape index (κ2) is 9.54. The van der Waals surface area contributed by atoms with Crippen molar-refractivity contribution in [2.24, 2.45) is 0 Å². The van der Waals surface area contributed by atoms with Crippen LogP contribution in [-0.4, -0.2) is 29.0 Å². The molecule has 0 aliphatic rings. The molecule has 2 N–H and O–H groups in total. The van der Waals surface area contributed by atoms with Crippen LogP contribution in [0, 0.1) is 6.92 Å². The third kappa shape index (κ3) is 6.13. The van der Waals surface area contributed by atoms with E-state index in [0.717, 1.165) is 11.8 Å². The SMILES string of the molecule is Cc1ccc(S(=O)(=O)Nc2ccc(Cl)c(C(=O)NC(C)c3ccc(S(C)(=O)=O)cc3)c2)cc1. The molecule has 3 aromatic rings. The lowest BCUT2D eigenvalue weighted by Crippen LogP contribution is -2.27. The summed E-state index contributed by atoms with van der Waals surface area (Å²) in [5.41, 5.74) is 1.92. The zero-order valence-electron chi connectivity index (χ0n) is 18.2. The topological polar surface area (TPSA) is 109 Å². The van der Waals surface area contributed by atoms with Gasteiger partial charge in [-0.1, -0.05) is 41.4 Å². The van der Waals surface area contributed by atoms with E-state index in [-0.39, 0.29) is 26.1 Å². The first-order chi connectivity index (χ1) is 15.4. The van der Waals surface area contributed by atoms with E-state index < -0.39 is 31.8 Å². The first-order valence-electron chi connectivity index (χ1n) is 9.87. The molecule has 0 heterocycles. The molecule has 0 saturated heterocycles. The normalized spacial score (nSPS) is 12.7. The average molecular weight is 507 g/mol. The molecule has 3 rings (SSSR count). The number of anilines is 1. The quantitative estimate of drug-likeness (QED) is 0.495. The van der Waals surface area contributed by atoms with Gasteiger partial charge in [0.15, 0.2) is 9.84 Å². The van der Waals surface area contributed by atoms with Gasteiger partial charge in [0.05, 0.1) is 26.4 Å². The molecule has 10 heteroatoms. The first-order valence-corrected chi connectivity index (χ1v) is 13.6. The summed E-state index contributed by atoms with van der Waals surface area (Å²) in [7, 11) is -7.16. The Morgan fingerprint density at radius 3 is 2.03 bits per heavy atom. The largest absolute Gasteiger partial charge is 0.345 e. The molecule has 3 aromatic carbocycles. The number of sulfonamides is 1. The minimum Gasteiger partial charge on any atom is -0.345 e. The number of carbonyl (C=O) groups excluding carboxylic acids is 1. The molecule has 0 bridgehead atoms. The molecule has 0 aliphatic heterocycles. The molecule has 0 aromatic heterocycles. The van der Waals surface area contributed by atoms with Gasteiger partial charge in [-0.3, -0.25) is 9.52 Å². The summed E-state index contributed by atoms with van der Waals surface area (Å²) in [6.07, 6.45) is 1.12. The van der Waals surface area contributed by atoms with Gasteiger partial charge < -0.3 is 5.32 Å². The van der Waals surface area contributed by atoms with Gasteiger partial charge in [0, 0.05) is 11.9 Å². The number of benzene rings is 3. The minimum atomic E-state index is -3.84. The number of hydrogen-bond donors (Lipinski definition) is 2. The van der Waals surface area contributed by atoms with Crippen LogP contribution in [0.25, 0.3) is 0 Å². The number of aryl methyl sites for hydroxylation is 1. The van der Waals surface area contributed by atoms with Gasteiger partial charge in [0.2, 0.25) is 0 Å². The number of hydrogen-bond acceptors (Lipinski definition) is 5. The summed E-state index contributed by atoms with van der Waals surface area (Å²) in [5, 5.41) is 2.95. The van der Waals surface area contributed by atoms with Crippen LogP contribution in [0.1, 0.15) is 34.5 Å². The maximum absolute atomic E-state index is 12.8. The lowest BCUT2D eigenvalue weighted by molar-refractivity contribution is 0.0940. The predicted octanol–water partition coefficient (Wildman–Crippen LogP) is 4.34. The van der Waals surface area contributed by atoms with Crippen LogP contribution in [-0.2, 0) is 19.9 Å². The smallest absolute Gasteiger partial charge is 0.261 e. The van der Waals surface area contributed by atoms with E-state index in [1.807, 2.05) is 6.92 Å². The summed E-state index contributed by atoms with van der Waals surface area (Å²) in [4.78, 5) is 13.1. The Balaban J connectivity index is 1.78. The summed E-state index contributed by atoms with van der Waals surface area (Å²) >= 11 is 6.19. The number of halogens is 1. The molecule has 33 heavy (non-hydrogen) atoms. The first kappa shape index (κ1) is 24.8. The Morgan fingerprint density at radius 1 is 0.879 bits per heavy atom. The molecule has 7 nitrogen and oxygen atoms in total. The van der Waals surface area contributed by atoms with E-state index >= 15 is 0 Å². The zero-order chi connectivity index (χ0) is 24.4. The summed E-state index contributed by atoms with van der Waals surface area (Å²) < 4.78 is 51.0. The Morgan fingerprint density at radius 2 is 1.45 bits per heavy atom. The second-order valence-corrected chi connectivity index (χ2v) is 11.8. The van der Waals surface area contributed by atoms with Gasteiger partial charge in [-0.05, 0) is 61.9 Å². The van der Waals surface area contributed by atoms with Crippen LogP contribution < -0.4 is 10.0 Å². The van der Waals surface area contributed by atoms with Crippen molar-refractivity contribution in [2.75, 3.05) is 11.0 Å². The highest BCUT2D eigenvalue weighted by Gasteiger charge is 2.19. The van der Waals surface area contributed by atoms with Crippen LogP contribution in [0.15, 0.2) is 76.5 Å². The molecule has 174 valence electrons. The second-order valence-electron chi connectivity index (χ2n) is 7.65. The van der Waals surface area contributed by atoms with Crippen molar-refractivity contribution < 1.29 is 21.6 Å². The van der Waals surface area contributed by atoms with E-state index in [4.69, 9.17) is 11.6 Å². The van der Waals surface area contributed by atoms with Gasteiger partial charge in [-0.25, -0.2) is 16.8 Å². The van der Waals surface area contributed by atoms with Crippen LogP contribution in [0.4, 0.5) is 5.69 Å². The zero-order valence-corrected chi connectivity index (χ0v) is 20.6. The van der Waals surface area contributed by atoms with Crippen LogP contribution in [0.5, 0.6) is 0 Å². The average Bonchev–Trinajstić information content (AvgIpc) is 2.74. The highest BCUT2D eigenvalue weighted by Crippen LogP contribution is 2.24. The number of amides is 1. The fraction of sp³-hybridized carbons (Fsp3) is 0.174. The van der Waals surface area contributed by atoms with Gasteiger partial charge in [0.25, 0.3) is 15.9 Å². The molecule has 1 atom stereocenters. The monoisotopic (exact) mass is 506 g/mol. The Bertz CT molecular complexity index is 1390. The number of rotatable bonds is 7. The molecule has 0 saturated carbocycles. The van der Waals surface area contributed by atoms with Gasteiger partial charge in [-0.2, -0.15) is 0 Å². The maximum Gasteiger partial charge on any atom is 0.261 e. The fourth-order valence-electron chi connectivity index (χ4n) is 3.06. The lowest BCUT2D eigenvalue weighted by Gasteiger charge is -2.16. The third-order valence-electron chi connectivity index (χ3n) is 4.95. The van der Waals surface area contributed by atoms with Crippen molar-refractivity contribution in [1.82, 2.24) is 5.32 Å². The lowest BCUT2D eigenvalue weighted by atomic mass is 10.1. The molecule has 1 amide bonds. The Labute approximate surface area is 198 Å². The van der Waals surface area contributed by atoms with Crippen LogP contribution in [0.3, 0.4) is 0 Å². The predicted molar refractivity (Wildman–Crippen MR) is 129 cm³/mol. The molecule has 0 fully saturated rings. The van der Waals surface area contributed by atoms with Crippen molar-refractivity contribution in [3.63, 3.8) is 0 Å². The molecule has 0 spiro atoms. The van der Waals surface area contributed by atoms with Gasteiger partial charge >= 0.3 is 0 Å². The highest BCUT2D eigenvalue weighted by molar-refractivity contribution is 7.92. The van der Waals surface area contributed by atoms with Gasteiger partial charge in [-0.15, -0.1) is 0 Å². The fourth-order valence-corrected chi connectivity index (χ4v) is 4.94. The number of sulfone groups is 1. The van der Waals surface area contributed by atoms with Gasteiger partial charge in [0.1, 0.15) is 0 Å². The van der Waals surface area contributed by atoms with Crippen molar-refractivity contribution in [1.29, 1.82) is 0 Å². The summed E-state index contributed by atoms with van der Waals surface area (Å²) in [6, 6.07) is 16.4. The number of carbonyl (C=O) groups is 1. The molecule has 1 unspecified atom stereocenters. The Kier molecular flexibility index (Phi) is 7.16. The molecular formula is C23H23ClN2O5S2. The summed E-state index contributed by atoms with van der Waals surface area (Å²) in [6.45, 7) is 3.60. The van der Waals surface area contributed by atoms with Crippen LogP contribution in [0.2, 0.25) is 5.02 Å². The van der Waals surface area contributed by atoms with E-state index in [1.165, 1.54) is 42.5 Å². The van der Waals surface area contributed by atoms with E-state index in [9.17, 15) is 21.6 Å². The summed E-state index contributed by atoms with van der Waals surface area (Å²) in [5.74, 6) is -0.504. The van der Waals surface area contributed by atoms with Crippen molar-refractivity contribution in [3.8, 4) is 0 Å². The van der Waals surface area contributed by atoms with E-state index in [2.05, 4.69) is 10.0 Å². The maximum atomic E-state index is 12.8. The minimum absolute atomic E-state index is 0.0974. The highest BCUT2D eigenvalue weighted by atomic mass is 35.5. The molecule has 0 radical (unpaired) electrons. The molecular weight excluding hydrogens is 484 g/mol. The van der Waals surface area contributed by atoms with Crippen molar-refractivity contribution in [3.05, 3.63) is 88.4 Å². The molecule has 0 aliphatic carbocycles. The van der Waals surface area contributed by atoms with Crippen LogP contribution >= 0.6 is 11.6 Å². The standard InChI is InChI=1S/C23H23ClN2O5S2/c1-15-4-9-20(10-5-15)33(30,31)26-18-8-13-22(24)21(14-18)23(27)25-16(2)17-6-11-19(12-7-17)32(3,28)29/h4-14,16,26H,1-3H3,(H,25,27). The Hall–Kier alpha value is -2.88. The van der Waals surface area contributed by atoms with Crippen molar-refractivity contribution >= 4 is 43.1 Å².